The number of nitrogens with one attached hydrogen (secondary N) is 1. The van der Waals surface area contributed by atoms with Gasteiger partial charge in [-0.25, -0.2) is 0 Å². The van der Waals surface area contributed by atoms with Gasteiger partial charge in [0.2, 0.25) is 11.8 Å². The SMILES string of the molecule is CC(NC(=O)C1CCN(c2ccc(C(F)(F)F)cc2[N+](=O)[O-])CC1)C(=O)N1CCOCC1. The smallest absolute Gasteiger partial charge is 0.378 e. The zero-order valence-electron chi connectivity index (χ0n) is 17.6. The molecule has 3 rings (SSSR count). The quantitative estimate of drug-likeness (QED) is 0.536. The summed E-state index contributed by atoms with van der Waals surface area (Å²) in [5.41, 5.74) is -1.61. The normalized spacial score (nSPS) is 18.9. The van der Waals surface area contributed by atoms with E-state index in [-0.39, 0.29) is 36.5 Å². The van der Waals surface area contributed by atoms with Crippen molar-refractivity contribution in [2.75, 3.05) is 44.3 Å². The first-order chi connectivity index (χ1) is 15.1. The zero-order chi connectivity index (χ0) is 23.5. The van der Waals surface area contributed by atoms with Crippen LogP contribution >= 0.6 is 0 Å². The molecule has 0 radical (unpaired) electrons. The number of nitro groups is 1. The Kier molecular flexibility index (Phi) is 7.22. The number of nitro benzene ring substituents is 1. The second-order valence-corrected chi connectivity index (χ2v) is 7.89. The summed E-state index contributed by atoms with van der Waals surface area (Å²) in [5, 5.41) is 14.1. The van der Waals surface area contributed by atoms with Crippen LogP contribution in [0.1, 0.15) is 25.3 Å². The number of anilines is 1. The molecule has 1 atom stereocenters. The van der Waals surface area contributed by atoms with E-state index in [0.29, 0.717) is 45.2 Å². The average Bonchev–Trinajstić information content (AvgIpc) is 2.78. The molecule has 0 spiro atoms. The molecule has 0 aliphatic carbocycles. The Labute approximate surface area is 182 Å². The van der Waals surface area contributed by atoms with Crippen molar-refractivity contribution in [2.24, 2.45) is 5.92 Å². The van der Waals surface area contributed by atoms with Crippen molar-refractivity contribution in [2.45, 2.75) is 32.0 Å². The van der Waals surface area contributed by atoms with Crippen molar-refractivity contribution >= 4 is 23.2 Å². The third-order valence-electron chi connectivity index (χ3n) is 5.76. The second kappa shape index (κ2) is 9.72. The Balaban J connectivity index is 1.59. The van der Waals surface area contributed by atoms with Gasteiger partial charge >= 0.3 is 6.18 Å². The number of benzene rings is 1. The van der Waals surface area contributed by atoms with Gasteiger partial charge in [-0.3, -0.25) is 19.7 Å². The highest BCUT2D eigenvalue weighted by molar-refractivity contribution is 5.88. The van der Waals surface area contributed by atoms with E-state index in [1.165, 1.54) is 0 Å². The highest BCUT2D eigenvalue weighted by Crippen LogP contribution is 2.37. The second-order valence-electron chi connectivity index (χ2n) is 7.89. The van der Waals surface area contributed by atoms with Crippen LogP contribution < -0.4 is 10.2 Å². The predicted octanol–water partition coefficient (Wildman–Crippen LogP) is 2.19. The fourth-order valence-corrected chi connectivity index (χ4v) is 3.95. The van der Waals surface area contributed by atoms with Crippen molar-refractivity contribution < 1.29 is 32.4 Å². The molecule has 2 amide bonds. The van der Waals surface area contributed by atoms with Crippen LogP contribution in [0.2, 0.25) is 0 Å². The molecule has 2 fully saturated rings. The topological polar surface area (TPSA) is 105 Å². The molecule has 0 aromatic heterocycles. The van der Waals surface area contributed by atoms with Gasteiger partial charge < -0.3 is 19.9 Å². The maximum absolute atomic E-state index is 12.9. The molecule has 2 aliphatic heterocycles. The van der Waals surface area contributed by atoms with E-state index in [9.17, 15) is 32.9 Å². The number of amides is 2. The third-order valence-corrected chi connectivity index (χ3v) is 5.76. The minimum Gasteiger partial charge on any atom is -0.378 e. The highest BCUT2D eigenvalue weighted by Gasteiger charge is 2.35. The number of hydrogen-bond donors (Lipinski definition) is 1. The van der Waals surface area contributed by atoms with Gasteiger partial charge in [0.05, 0.1) is 23.7 Å². The van der Waals surface area contributed by atoms with E-state index in [0.717, 1.165) is 12.1 Å². The number of ether oxygens (including phenoxy) is 1. The number of rotatable bonds is 5. The lowest BCUT2D eigenvalue weighted by molar-refractivity contribution is -0.384. The molecular weight excluding hydrogens is 433 g/mol. The Bertz CT molecular complexity index is 865. The predicted molar refractivity (Wildman–Crippen MR) is 108 cm³/mol. The maximum Gasteiger partial charge on any atom is 0.416 e. The van der Waals surface area contributed by atoms with E-state index in [1.807, 2.05) is 0 Å². The molecule has 2 aliphatic rings. The van der Waals surface area contributed by atoms with Gasteiger partial charge in [-0.15, -0.1) is 0 Å². The molecular formula is C20H25F3N4O5. The summed E-state index contributed by atoms with van der Waals surface area (Å²) < 4.78 is 43.9. The largest absolute Gasteiger partial charge is 0.416 e. The van der Waals surface area contributed by atoms with Crippen molar-refractivity contribution in [1.82, 2.24) is 10.2 Å². The van der Waals surface area contributed by atoms with Crippen LogP contribution in [-0.4, -0.2) is 67.1 Å². The summed E-state index contributed by atoms with van der Waals surface area (Å²) in [6.45, 7) is 4.04. The molecule has 9 nitrogen and oxygen atoms in total. The fraction of sp³-hybridized carbons (Fsp3) is 0.600. The monoisotopic (exact) mass is 458 g/mol. The summed E-state index contributed by atoms with van der Waals surface area (Å²) in [7, 11) is 0. The first kappa shape index (κ1) is 23.8. The molecule has 1 aromatic rings. The zero-order valence-corrected chi connectivity index (χ0v) is 17.6. The van der Waals surface area contributed by atoms with E-state index in [4.69, 9.17) is 4.74 Å². The minimum atomic E-state index is -4.68. The summed E-state index contributed by atoms with van der Waals surface area (Å²) in [6, 6.07) is 1.77. The fourth-order valence-electron chi connectivity index (χ4n) is 3.95. The van der Waals surface area contributed by atoms with Gasteiger partial charge in [0.1, 0.15) is 11.7 Å². The van der Waals surface area contributed by atoms with Crippen LogP contribution in [-0.2, 0) is 20.5 Å². The van der Waals surface area contributed by atoms with Crippen molar-refractivity contribution in [1.29, 1.82) is 0 Å². The van der Waals surface area contributed by atoms with Gasteiger partial charge in [-0.1, -0.05) is 0 Å². The van der Waals surface area contributed by atoms with Crippen molar-refractivity contribution in [3.8, 4) is 0 Å². The standard InChI is InChI=1S/C20H25F3N4O5/c1-13(19(29)26-8-10-32-11-9-26)24-18(28)14-4-6-25(7-5-14)16-3-2-15(20(21,22)23)12-17(16)27(30)31/h2-3,12-14H,4-11H2,1H3,(H,24,28). The Hall–Kier alpha value is -2.89. The summed E-state index contributed by atoms with van der Waals surface area (Å²) in [4.78, 5) is 38.8. The Morgan fingerprint density at radius 3 is 2.38 bits per heavy atom. The maximum atomic E-state index is 12.9. The van der Waals surface area contributed by atoms with E-state index in [2.05, 4.69) is 5.32 Å². The molecule has 2 heterocycles. The first-order valence-corrected chi connectivity index (χ1v) is 10.4. The molecule has 12 heteroatoms. The Morgan fingerprint density at radius 1 is 1.19 bits per heavy atom. The van der Waals surface area contributed by atoms with Gasteiger partial charge in [0.25, 0.3) is 5.69 Å². The average molecular weight is 458 g/mol. The lowest BCUT2D eigenvalue weighted by Gasteiger charge is -2.34. The highest BCUT2D eigenvalue weighted by atomic mass is 19.4. The molecule has 2 saturated heterocycles. The number of halogens is 3. The summed E-state index contributed by atoms with van der Waals surface area (Å²) in [5.74, 6) is -0.847. The number of piperidine rings is 1. The minimum absolute atomic E-state index is 0.0951. The summed E-state index contributed by atoms with van der Waals surface area (Å²) >= 11 is 0. The number of carbonyl (C=O) groups excluding carboxylic acids is 2. The van der Waals surface area contributed by atoms with Crippen molar-refractivity contribution in [3.05, 3.63) is 33.9 Å². The van der Waals surface area contributed by atoms with Crippen molar-refractivity contribution in [3.63, 3.8) is 0 Å². The van der Waals surface area contributed by atoms with Crippen LogP contribution in [0.15, 0.2) is 18.2 Å². The molecule has 1 N–H and O–H groups in total. The first-order valence-electron chi connectivity index (χ1n) is 10.4. The van der Waals surface area contributed by atoms with Crippen LogP contribution in [0, 0.1) is 16.0 Å². The molecule has 1 unspecified atom stereocenters. The third kappa shape index (κ3) is 5.47. The number of hydrogen-bond acceptors (Lipinski definition) is 6. The van der Waals surface area contributed by atoms with Gasteiger partial charge in [0.15, 0.2) is 0 Å². The van der Waals surface area contributed by atoms with Crippen LogP contribution in [0.5, 0.6) is 0 Å². The van der Waals surface area contributed by atoms with Crippen LogP contribution in [0.4, 0.5) is 24.5 Å². The van der Waals surface area contributed by atoms with E-state index < -0.39 is 28.4 Å². The molecule has 1 aromatic carbocycles. The summed E-state index contributed by atoms with van der Waals surface area (Å²) in [6.07, 6.45) is -3.95. The van der Waals surface area contributed by atoms with E-state index in [1.54, 1.807) is 16.7 Å². The molecule has 0 bridgehead atoms. The Morgan fingerprint density at radius 2 is 1.81 bits per heavy atom. The number of nitrogens with zero attached hydrogens (tertiary/aromatic N) is 3. The number of carbonyl (C=O) groups is 2. The molecule has 176 valence electrons. The van der Waals surface area contributed by atoms with Gasteiger partial charge in [-0.05, 0) is 31.9 Å². The van der Waals surface area contributed by atoms with E-state index >= 15 is 0 Å². The van der Waals surface area contributed by atoms with Crippen LogP contribution in [0.25, 0.3) is 0 Å². The lowest BCUT2D eigenvalue weighted by Crippen LogP contribution is -2.52. The molecule has 32 heavy (non-hydrogen) atoms. The number of alkyl halides is 3. The van der Waals surface area contributed by atoms with Gasteiger partial charge in [-0.2, -0.15) is 13.2 Å². The van der Waals surface area contributed by atoms with Crippen LogP contribution in [0.3, 0.4) is 0 Å². The van der Waals surface area contributed by atoms with Gasteiger partial charge in [0, 0.05) is 38.2 Å². The number of morpholine rings is 1. The lowest BCUT2D eigenvalue weighted by atomic mass is 9.95. The molecule has 0 saturated carbocycles.